The highest BCUT2D eigenvalue weighted by Gasteiger charge is 2.20. The first-order chi connectivity index (χ1) is 22.8. The Balaban J connectivity index is 1.25. The van der Waals surface area contributed by atoms with Gasteiger partial charge in [-0.2, -0.15) is 0 Å². The fourth-order valence-electron chi connectivity index (χ4n) is 6.71. The predicted octanol–water partition coefficient (Wildman–Crippen LogP) is 11.0. The minimum atomic E-state index is 0.882. The van der Waals surface area contributed by atoms with E-state index >= 15 is 0 Å². The standard InChI is InChI=1S/C42H28N4/c1-3-17-34-29(11-1)13-7-21-37(34)45(38-22-8-14-30-12-2-4-18-35(30)38)33-26-24-32(25-27-33)42-44-36-19-5-6-20-39(36)46(42)40-23-9-15-31-16-10-28-43-41(31)40/h1-28H. The first kappa shape index (κ1) is 26.2. The van der Waals surface area contributed by atoms with E-state index in [1.54, 1.807) is 0 Å². The number of rotatable bonds is 5. The molecule has 0 radical (unpaired) electrons. The number of hydrogen-bond donors (Lipinski definition) is 0. The van der Waals surface area contributed by atoms with Gasteiger partial charge in [-0.15, -0.1) is 0 Å². The van der Waals surface area contributed by atoms with Crippen LogP contribution in [0, 0.1) is 0 Å². The van der Waals surface area contributed by atoms with Gasteiger partial charge >= 0.3 is 0 Å². The number of anilines is 3. The highest BCUT2D eigenvalue weighted by molar-refractivity contribution is 6.04. The Morgan fingerprint density at radius 3 is 1.80 bits per heavy atom. The van der Waals surface area contributed by atoms with E-state index in [0.717, 1.165) is 56.1 Å². The summed E-state index contributed by atoms with van der Waals surface area (Å²) in [5.41, 5.74) is 8.33. The summed E-state index contributed by atoms with van der Waals surface area (Å²) in [7, 11) is 0. The van der Waals surface area contributed by atoms with Crippen LogP contribution in [0.3, 0.4) is 0 Å². The van der Waals surface area contributed by atoms with Crippen LogP contribution < -0.4 is 4.90 Å². The zero-order valence-corrected chi connectivity index (χ0v) is 25.0. The third-order valence-electron chi connectivity index (χ3n) is 8.81. The topological polar surface area (TPSA) is 34.0 Å². The van der Waals surface area contributed by atoms with Crippen molar-refractivity contribution in [3.05, 3.63) is 170 Å². The maximum absolute atomic E-state index is 5.16. The molecular weight excluding hydrogens is 560 g/mol. The lowest BCUT2D eigenvalue weighted by atomic mass is 10.0. The first-order valence-electron chi connectivity index (χ1n) is 15.5. The van der Waals surface area contributed by atoms with Crippen LogP contribution in [0.2, 0.25) is 0 Å². The van der Waals surface area contributed by atoms with Crippen molar-refractivity contribution in [3.63, 3.8) is 0 Å². The van der Waals surface area contributed by atoms with Gasteiger partial charge in [0.1, 0.15) is 5.82 Å². The highest BCUT2D eigenvalue weighted by atomic mass is 15.1. The summed E-state index contributed by atoms with van der Waals surface area (Å²) in [5, 5.41) is 5.91. The second-order valence-electron chi connectivity index (χ2n) is 11.5. The van der Waals surface area contributed by atoms with E-state index < -0.39 is 0 Å². The number of aromatic nitrogens is 3. The average molecular weight is 589 g/mol. The molecule has 4 heteroatoms. The molecule has 0 unspecified atom stereocenters. The predicted molar refractivity (Wildman–Crippen MR) is 192 cm³/mol. The summed E-state index contributed by atoms with van der Waals surface area (Å²) in [6, 6.07) is 57.8. The molecule has 0 N–H and O–H groups in total. The lowest BCUT2D eigenvalue weighted by molar-refractivity contribution is 1.11. The van der Waals surface area contributed by atoms with Gasteiger partial charge in [-0.1, -0.05) is 103 Å². The molecule has 0 aliphatic carbocycles. The molecule has 2 aromatic heterocycles. The van der Waals surface area contributed by atoms with Gasteiger partial charge in [0.05, 0.1) is 33.6 Å². The van der Waals surface area contributed by atoms with Crippen molar-refractivity contribution in [1.82, 2.24) is 14.5 Å². The third kappa shape index (κ3) is 4.23. The normalized spacial score (nSPS) is 11.5. The molecule has 0 aliphatic heterocycles. The molecule has 0 fully saturated rings. The summed E-state index contributed by atoms with van der Waals surface area (Å²) >= 11 is 0. The fraction of sp³-hybridized carbons (Fsp3) is 0. The van der Waals surface area contributed by atoms with Crippen LogP contribution in [0.25, 0.3) is 60.6 Å². The van der Waals surface area contributed by atoms with Crippen LogP contribution in [0.15, 0.2) is 170 Å². The van der Waals surface area contributed by atoms with E-state index in [2.05, 4.69) is 161 Å². The van der Waals surface area contributed by atoms with E-state index in [4.69, 9.17) is 9.97 Å². The van der Waals surface area contributed by atoms with Gasteiger partial charge in [-0.05, 0) is 71.4 Å². The van der Waals surface area contributed by atoms with E-state index in [1.165, 1.54) is 21.5 Å². The second kappa shape index (κ2) is 10.7. The Kier molecular flexibility index (Phi) is 6.10. The summed E-state index contributed by atoms with van der Waals surface area (Å²) in [5.74, 6) is 0.882. The summed E-state index contributed by atoms with van der Waals surface area (Å²) in [6.45, 7) is 0. The van der Waals surface area contributed by atoms with Crippen LogP contribution in [0.4, 0.5) is 17.1 Å². The number of benzene rings is 7. The molecule has 7 aromatic carbocycles. The number of nitrogens with zero attached hydrogens (tertiary/aromatic N) is 4. The van der Waals surface area contributed by atoms with Crippen LogP contribution in [-0.2, 0) is 0 Å². The highest BCUT2D eigenvalue weighted by Crippen LogP contribution is 2.42. The van der Waals surface area contributed by atoms with E-state index in [9.17, 15) is 0 Å². The minimum absolute atomic E-state index is 0.882. The quantitative estimate of drug-likeness (QED) is 0.201. The van der Waals surface area contributed by atoms with E-state index in [-0.39, 0.29) is 0 Å². The Labute approximate surface area is 266 Å². The Hall–Kier alpha value is -6.26. The van der Waals surface area contributed by atoms with Gasteiger partial charge in [0.15, 0.2) is 0 Å². The molecule has 9 aromatic rings. The summed E-state index contributed by atoms with van der Waals surface area (Å²) in [4.78, 5) is 12.3. The first-order valence-corrected chi connectivity index (χ1v) is 15.5. The molecule has 9 rings (SSSR count). The molecular formula is C42H28N4. The molecule has 4 nitrogen and oxygen atoms in total. The number of imidazole rings is 1. The Morgan fingerprint density at radius 2 is 1.07 bits per heavy atom. The molecule has 0 spiro atoms. The van der Waals surface area contributed by atoms with Gasteiger partial charge in [-0.3, -0.25) is 9.55 Å². The second-order valence-corrected chi connectivity index (χ2v) is 11.5. The van der Waals surface area contributed by atoms with E-state index in [0.29, 0.717) is 0 Å². The number of hydrogen-bond acceptors (Lipinski definition) is 3. The molecule has 0 aliphatic rings. The lowest BCUT2D eigenvalue weighted by Crippen LogP contribution is -2.11. The van der Waals surface area contributed by atoms with Gasteiger partial charge < -0.3 is 4.90 Å². The van der Waals surface area contributed by atoms with Crippen LogP contribution in [-0.4, -0.2) is 14.5 Å². The molecule has 0 saturated heterocycles. The van der Waals surface area contributed by atoms with Crippen LogP contribution >= 0.6 is 0 Å². The van der Waals surface area contributed by atoms with Crippen molar-refractivity contribution >= 4 is 60.5 Å². The smallest absolute Gasteiger partial charge is 0.145 e. The molecule has 0 atom stereocenters. The summed E-state index contributed by atoms with van der Waals surface area (Å²) in [6.07, 6.45) is 1.86. The largest absolute Gasteiger partial charge is 0.309 e. The van der Waals surface area contributed by atoms with Crippen LogP contribution in [0.1, 0.15) is 0 Å². The minimum Gasteiger partial charge on any atom is -0.309 e. The van der Waals surface area contributed by atoms with Crippen molar-refractivity contribution < 1.29 is 0 Å². The maximum atomic E-state index is 5.16. The van der Waals surface area contributed by atoms with Crippen molar-refractivity contribution in [2.45, 2.75) is 0 Å². The Morgan fingerprint density at radius 1 is 0.478 bits per heavy atom. The van der Waals surface area contributed by atoms with Crippen molar-refractivity contribution in [2.24, 2.45) is 0 Å². The van der Waals surface area contributed by atoms with Crippen molar-refractivity contribution in [3.8, 4) is 17.1 Å². The number of pyridine rings is 1. The van der Waals surface area contributed by atoms with Crippen molar-refractivity contribution in [1.29, 1.82) is 0 Å². The monoisotopic (exact) mass is 588 g/mol. The van der Waals surface area contributed by atoms with Gasteiger partial charge in [0.25, 0.3) is 0 Å². The molecule has 0 saturated carbocycles. The Bertz CT molecular complexity index is 2450. The fourth-order valence-corrected chi connectivity index (χ4v) is 6.71. The molecule has 0 amide bonds. The lowest BCUT2D eigenvalue weighted by Gasteiger charge is -2.28. The van der Waals surface area contributed by atoms with Gasteiger partial charge in [-0.25, -0.2) is 4.98 Å². The molecule has 0 bridgehead atoms. The molecule has 46 heavy (non-hydrogen) atoms. The molecule has 2 heterocycles. The summed E-state index contributed by atoms with van der Waals surface area (Å²) < 4.78 is 2.24. The average Bonchev–Trinajstić information content (AvgIpc) is 3.51. The van der Waals surface area contributed by atoms with Crippen LogP contribution in [0.5, 0.6) is 0 Å². The van der Waals surface area contributed by atoms with Crippen molar-refractivity contribution in [2.75, 3.05) is 4.90 Å². The van der Waals surface area contributed by atoms with E-state index in [1.807, 2.05) is 18.3 Å². The SMILES string of the molecule is c1ccc2c(N(c3ccc(-c4nc5ccccc5n4-c4cccc5cccnc45)cc3)c3cccc4ccccc34)cccc2c1. The zero-order chi connectivity index (χ0) is 30.5. The van der Waals surface area contributed by atoms with Gasteiger partial charge in [0, 0.05) is 33.6 Å². The number of para-hydroxylation sites is 3. The number of fused-ring (bicyclic) bond motifs is 4. The maximum Gasteiger partial charge on any atom is 0.145 e. The third-order valence-corrected chi connectivity index (χ3v) is 8.81. The van der Waals surface area contributed by atoms with Gasteiger partial charge in [0.2, 0.25) is 0 Å². The zero-order valence-electron chi connectivity index (χ0n) is 25.0. The molecule has 216 valence electrons.